The van der Waals surface area contributed by atoms with Gasteiger partial charge in [0.2, 0.25) is 0 Å². The molecule has 2 unspecified atom stereocenters. The number of aliphatic hydroxyl groups excluding tert-OH is 1. The van der Waals surface area contributed by atoms with Crippen LogP contribution < -0.4 is 20.1 Å². The first-order valence-corrected chi connectivity index (χ1v) is 9.34. The minimum atomic E-state index is -0.277. The Hall–Kier alpha value is -1.83. The van der Waals surface area contributed by atoms with Gasteiger partial charge in [-0.1, -0.05) is 6.07 Å². The minimum absolute atomic E-state index is 0.0269. The number of methoxy groups -OCH3 is 1. The molecule has 2 saturated heterocycles. The van der Waals surface area contributed by atoms with E-state index in [4.69, 9.17) is 9.47 Å². The summed E-state index contributed by atoms with van der Waals surface area (Å²) in [6.45, 7) is 4.66. The number of hydrogen-bond acceptors (Lipinski definition) is 6. The van der Waals surface area contributed by atoms with Crippen molar-refractivity contribution in [3.63, 3.8) is 0 Å². The van der Waals surface area contributed by atoms with Crippen LogP contribution in [0.15, 0.2) is 18.2 Å². The zero-order valence-electron chi connectivity index (χ0n) is 15.4. The van der Waals surface area contributed by atoms with Gasteiger partial charge in [0.15, 0.2) is 18.1 Å². The van der Waals surface area contributed by atoms with E-state index < -0.39 is 0 Å². The van der Waals surface area contributed by atoms with Gasteiger partial charge in [-0.05, 0) is 30.5 Å². The highest BCUT2D eigenvalue weighted by atomic mass is 16.5. The van der Waals surface area contributed by atoms with Gasteiger partial charge in [0.1, 0.15) is 0 Å². The molecule has 2 aliphatic heterocycles. The number of ether oxygens (including phenoxy) is 2. The largest absolute Gasteiger partial charge is 0.493 e. The molecule has 0 bridgehead atoms. The van der Waals surface area contributed by atoms with Gasteiger partial charge in [-0.2, -0.15) is 0 Å². The van der Waals surface area contributed by atoms with E-state index in [0.29, 0.717) is 24.6 Å². The second-order valence-corrected chi connectivity index (χ2v) is 6.98. The summed E-state index contributed by atoms with van der Waals surface area (Å²) in [6.07, 6.45) is 1.87. The molecule has 7 nitrogen and oxygen atoms in total. The molecular formula is C19H29N3O4. The molecule has 0 spiro atoms. The molecule has 3 rings (SSSR count). The topological polar surface area (TPSA) is 83.1 Å². The molecule has 0 aromatic heterocycles. The number of aliphatic hydroxyl groups is 1. The van der Waals surface area contributed by atoms with E-state index in [1.165, 1.54) is 0 Å². The van der Waals surface area contributed by atoms with Gasteiger partial charge < -0.3 is 30.1 Å². The maximum absolute atomic E-state index is 12.1. The molecule has 0 aliphatic carbocycles. The van der Waals surface area contributed by atoms with E-state index in [0.717, 1.165) is 44.6 Å². The quantitative estimate of drug-likeness (QED) is 0.619. The Bertz CT molecular complexity index is 604. The van der Waals surface area contributed by atoms with Crippen LogP contribution in [0.1, 0.15) is 18.4 Å². The normalized spacial score (nSPS) is 22.6. The maximum Gasteiger partial charge on any atom is 0.260 e. The lowest BCUT2D eigenvalue weighted by atomic mass is 10.1. The predicted molar refractivity (Wildman–Crippen MR) is 98.4 cm³/mol. The molecule has 2 aliphatic rings. The Balaban J connectivity index is 1.49. The highest BCUT2D eigenvalue weighted by Crippen LogP contribution is 2.28. The van der Waals surface area contributed by atoms with Crippen molar-refractivity contribution in [3.8, 4) is 11.5 Å². The van der Waals surface area contributed by atoms with Crippen LogP contribution in [0.5, 0.6) is 11.5 Å². The van der Waals surface area contributed by atoms with Crippen molar-refractivity contribution in [1.82, 2.24) is 15.5 Å². The second kappa shape index (κ2) is 9.21. The van der Waals surface area contributed by atoms with Crippen molar-refractivity contribution >= 4 is 5.91 Å². The van der Waals surface area contributed by atoms with E-state index >= 15 is 0 Å². The van der Waals surface area contributed by atoms with Crippen molar-refractivity contribution in [1.29, 1.82) is 0 Å². The van der Waals surface area contributed by atoms with Gasteiger partial charge in [-0.3, -0.25) is 4.79 Å². The molecule has 1 aromatic rings. The molecule has 0 saturated carbocycles. The van der Waals surface area contributed by atoms with Crippen LogP contribution in [-0.4, -0.2) is 68.5 Å². The van der Waals surface area contributed by atoms with Crippen LogP contribution in [0.4, 0.5) is 0 Å². The number of carbonyl (C=O) groups excluding carboxylic acids is 1. The molecule has 7 heteroatoms. The third-order valence-corrected chi connectivity index (χ3v) is 5.08. The van der Waals surface area contributed by atoms with Crippen molar-refractivity contribution in [3.05, 3.63) is 23.8 Å². The zero-order chi connectivity index (χ0) is 18.4. The molecule has 0 radical (unpaired) electrons. The molecular weight excluding hydrogens is 334 g/mol. The van der Waals surface area contributed by atoms with Crippen LogP contribution in [0, 0.1) is 5.92 Å². The molecule has 2 fully saturated rings. The molecule has 26 heavy (non-hydrogen) atoms. The number of benzene rings is 1. The van der Waals surface area contributed by atoms with E-state index in [1.807, 2.05) is 23.1 Å². The number of hydrogen-bond donors (Lipinski definition) is 3. The monoisotopic (exact) mass is 363 g/mol. The molecule has 1 amide bonds. The number of nitrogens with zero attached hydrogens (tertiary/aromatic N) is 1. The van der Waals surface area contributed by atoms with Gasteiger partial charge in [0.25, 0.3) is 5.91 Å². The zero-order valence-corrected chi connectivity index (χ0v) is 15.4. The predicted octanol–water partition coefficient (Wildman–Crippen LogP) is 0.366. The lowest BCUT2D eigenvalue weighted by Crippen LogP contribution is -2.32. The van der Waals surface area contributed by atoms with Crippen LogP contribution >= 0.6 is 0 Å². The molecule has 2 heterocycles. The van der Waals surface area contributed by atoms with Crippen molar-refractivity contribution in [2.45, 2.75) is 25.5 Å². The number of β-amino-alcohol motifs (C(OH)–C–C–N with tert-alkyl or cyclic N) is 1. The first kappa shape index (κ1) is 18.9. The Labute approximate surface area is 154 Å². The average molecular weight is 363 g/mol. The van der Waals surface area contributed by atoms with Crippen LogP contribution in [0.25, 0.3) is 0 Å². The SMILES string of the molecule is COc1cc(CNCC2CNCC2O)ccc1OCC(=O)N1CCCC1. The van der Waals surface area contributed by atoms with Crippen LogP contribution in [-0.2, 0) is 11.3 Å². The molecule has 1 aromatic carbocycles. The highest BCUT2D eigenvalue weighted by molar-refractivity contribution is 5.78. The van der Waals surface area contributed by atoms with E-state index in [9.17, 15) is 9.90 Å². The van der Waals surface area contributed by atoms with Crippen LogP contribution in [0.3, 0.4) is 0 Å². The fourth-order valence-electron chi connectivity index (χ4n) is 3.47. The number of amides is 1. The van der Waals surface area contributed by atoms with Crippen molar-refractivity contribution in [2.24, 2.45) is 5.92 Å². The van der Waals surface area contributed by atoms with Gasteiger partial charge in [0.05, 0.1) is 13.2 Å². The minimum Gasteiger partial charge on any atom is -0.493 e. The van der Waals surface area contributed by atoms with Crippen LogP contribution in [0.2, 0.25) is 0 Å². The van der Waals surface area contributed by atoms with Gasteiger partial charge in [-0.15, -0.1) is 0 Å². The summed E-state index contributed by atoms with van der Waals surface area (Å²) in [4.78, 5) is 13.9. The Morgan fingerprint density at radius 1 is 1.31 bits per heavy atom. The summed E-state index contributed by atoms with van der Waals surface area (Å²) in [5, 5.41) is 16.4. The first-order valence-electron chi connectivity index (χ1n) is 9.34. The van der Waals surface area contributed by atoms with E-state index in [2.05, 4.69) is 10.6 Å². The molecule has 3 N–H and O–H groups in total. The Morgan fingerprint density at radius 2 is 2.12 bits per heavy atom. The van der Waals surface area contributed by atoms with Crippen molar-refractivity contribution < 1.29 is 19.4 Å². The molecule has 2 atom stereocenters. The first-order chi connectivity index (χ1) is 12.7. The maximum atomic E-state index is 12.1. The molecule has 144 valence electrons. The number of rotatable bonds is 8. The van der Waals surface area contributed by atoms with Gasteiger partial charge in [0, 0.05) is 45.2 Å². The lowest BCUT2D eigenvalue weighted by molar-refractivity contribution is -0.132. The average Bonchev–Trinajstić information content (AvgIpc) is 3.32. The van der Waals surface area contributed by atoms with Gasteiger partial charge >= 0.3 is 0 Å². The number of carbonyl (C=O) groups is 1. The van der Waals surface area contributed by atoms with Gasteiger partial charge in [-0.25, -0.2) is 0 Å². The summed E-state index contributed by atoms with van der Waals surface area (Å²) >= 11 is 0. The van der Waals surface area contributed by atoms with E-state index in [1.54, 1.807) is 7.11 Å². The Morgan fingerprint density at radius 3 is 2.81 bits per heavy atom. The fourth-order valence-corrected chi connectivity index (χ4v) is 3.47. The van der Waals surface area contributed by atoms with Crippen molar-refractivity contribution in [2.75, 3.05) is 46.4 Å². The third kappa shape index (κ3) is 4.87. The number of nitrogens with one attached hydrogen (secondary N) is 2. The summed E-state index contributed by atoms with van der Waals surface area (Å²) in [5.74, 6) is 1.48. The summed E-state index contributed by atoms with van der Waals surface area (Å²) in [5.41, 5.74) is 1.07. The smallest absolute Gasteiger partial charge is 0.260 e. The summed E-state index contributed by atoms with van der Waals surface area (Å²) < 4.78 is 11.1. The van der Waals surface area contributed by atoms with E-state index in [-0.39, 0.29) is 24.5 Å². The third-order valence-electron chi connectivity index (χ3n) is 5.08. The summed E-state index contributed by atoms with van der Waals surface area (Å²) in [6, 6.07) is 5.74. The Kier molecular flexibility index (Phi) is 6.71. The summed E-state index contributed by atoms with van der Waals surface area (Å²) in [7, 11) is 1.60. The number of likely N-dealkylation sites (tertiary alicyclic amines) is 1. The highest BCUT2D eigenvalue weighted by Gasteiger charge is 2.24. The fraction of sp³-hybridized carbons (Fsp3) is 0.632. The second-order valence-electron chi connectivity index (χ2n) is 6.98. The lowest BCUT2D eigenvalue weighted by Gasteiger charge is -2.17. The standard InChI is InChI=1S/C19H29N3O4/c1-25-18-8-14(9-20-10-15-11-21-12-16(15)23)4-5-17(18)26-13-19(24)22-6-2-3-7-22/h4-5,8,15-16,20-21,23H,2-3,6-7,9-13H2,1H3.